The second-order valence-electron chi connectivity index (χ2n) is 10.00. The first-order chi connectivity index (χ1) is 10.5. The van der Waals surface area contributed by atoms with Gasteiger partial charge >= 0.3 is 0 Å². The molecular formula is C21H36Si. The maximum Gasteiger partial charge on any atom is 0.0483 e. The Morgan fingerprint density at radius 1 is 0.864 bits per heavy atom. The van der Waals surface area contributed by atoms with E-state index in [0.717, 1.165) is 16.9 Å². The molecule has 0 aromatic rings. The highest BCUT2D eigenvalue weighted by Crippen LogP contribution is 2.85. The Balaban J connectivity index is 1.66. The zero-order valence-electron chi connectivity index (χ0n) is 15.2. The third-order valence-electron chi connectivity index (χ3n) is 7.81. The highest BCUT2D eigenvalue weighted by molar-refractivity contribution is 6.78. The van der Waals surface area contributed by atoms with Crippen LogP contribution in [0.1, 0.15) is 77.0 Å². The van der Waals surface area contributed by atoms with Gasteiger partial charge in [-0.05, 0) is 49.0 Å². The van der Waals surface area contributed by atoms with E-state index < -0.39 is 8.07 Å². The molecule has 4 aliphatic carbocycles. The monoisotopic (exact) mass is 316 g/mol. The standard InChI is InChI=1S/C21H36Si/c1-22(2,3)19-18-13-9-5-7-11-15-21(18,19)20-14-10-6-4-8-12-17(20)16-20/h16,18-19H,4-15H2,1-3H3. The summed E-state index contributed by atoms with van der Waals surface area (Å²) < 4.78 is 0. The van der Waals surface area contributed by atoms with Crippen LogP contribution in [0.15, 0.2) is 11.6 Å². The first-order valence-corrected chi connectivity index (χ1v) is 13.8. The lowest BCUT2D eigenvalue weighted by Crippen LogP contribution is -2.31. The minimum absolute atomic E-state index is 0.639. The minimum Gasteiger partial charge on any atom is -0.0736 e. The van der Waals surface area contributed by atoms with Gasteiger partial charge in [0, 0.05) is 13.5 Å². The van der Waals surface area contributed by atoms with Crippen molar-refractivity contribution in [3.05, 3.63) is 11.6 Å². The van der Waals surface area contributed by atoms with E-state index in [1.54, 1.807) is 12.8 Å². The molecule has 3 saturated carbocycles. The minimum atomic E-state index is -1.04. The van der Waals surface area contributed by atoms with Crippen LogP contribution in [-0.4, -0.2) is 8.07 Å². The number of allylic oxidation sites excluding steroid dienone is 2. The number of rotatable bonds is 2. The fraction of sp³-hybridized carbons (Fsp3) is 0.905. The molecule has 4 aliphatic rings. The van der Waals surface area contributed by atoms with Crippen molar-refractivity contribution in [2.75, 3.05) is 0 Å². The Hall–Kier alpha value is -0.0431. The van der Waals surface area contributed by atoms with Gasteiger partial charge < -0.3 is 0 Å². The van der Waals surface area contributed by atoms with Crippen molar-refractivity contribution in [2.45, 2.75) is 102 Å². The number of fused-ring (bicyclic) bond motifs is 3. The first-order valence-electron chi connectivity index (χ1n) is 10.2. The number of hydrogen-bond donors (Lipinski definition) is 0. The molecule has 0 aliphatic heterocycles. The van der Waals surface area contributed by atoms with Crippen LogP contribution in [0, 0.1) is 16.7 Å². The van der Waals surface area contributed by atoms with Crippen molar-refractivity contribution in [3.8, 4) is 0 Å². The van der Waals surface area contributed by atoms with Gasteiger partial charge in [0.25, 0.3) is 0 Å². The molecule has 0 radical (unpaired) electrons. The van der Waals surface area contributed by atoms with E-state index in [-0.39, 0.29) is 0 Å². The van der Waals surface area contributed by atoms with Gasteiger partial charge in [0.05, 0.1) is 0 Å². The fourth-order valence-electron chi connectivity index (χ4n) is 7.15. The summed E-state index contributed by atoms with van der Waals surface area (Å²) in [6.45, 7) is 8.02. The second-order valence-corrected chi connectivity index (χ2v) is 15.4. The van der Waals surface area contributed by atoms with Gasteiger partial charge in [-0.25, -0.2) is 0 Å². The molecule has 0 heterocycles. The van der Waals surface area contributed by atoms with Crippen LogP contribution in [0.5, 0.6) is 0 Å². The summed E-state index contributed by atoms with van der Waals surface area (Å²) in [5.41, 5.74) is 4.45. The Morgan fingerprint density at radius 2 is 1.55 bits per heavy atom. The van der Waals surface area contributed by atoms with Crippen LogP contribution in [0.4, 0.5) is 0 Å². The highest BCUT2D eigenvalue weighted by atomic mass is 28.3. The molecule has 1 heteroatoms. The molecule has 0 nitrogen and oxygen atoms in total. The van der Waals surface area contributed by atoms with Crippen LogP contribution in [0.2, 0.25) is 25.2 Å². The highest BCUT2D eigenvalue weighted by Gasteiger charge is 2.77. The summed E-state index contributed by atoms with van der Waals surface area (Å²) in [4.78, 5) is 0. The van der Waals surface area contributed by atoms with Gasteiger partial charge in [-0.1, -0.05) is 76.2 Å². The molecule has 0 spiro atoms. The van der Waals surface area contributed by atoms with Crippen LogP contribution in [-0.2, 0) is 0 Å². The predicted octanol–water partition coefficient (Wildman–Crippen LogP) is 6.95. The Bertz CT molecular complexity index is 471. The summed E-state index contributed by atoms with van der Waals surface area (Å²) in [5.74, 6) is 1.10. The molecule has 0 bridgehead atoms. The SMILES string of the molecule is C[Si](C)(C)C1C2CCCCCCC21C12C=C1CCCCCC2. The van der Waals surface area contributed by atoms with Gasteiger partial charge in [-0.15, -0.1) is 0 Å². The van der Waals surface area contributed by atoms with E-state index in [0.29, 0.717) is 5.41 Å². The third-order valence-corrected chi connectivity index (χ3v) is 10.6. The average molecular weight is 317 g/mol. The molecule has 0 amide bonds. The van der Waals surface area contributed by atoms with Crippen LogP contribution in [0.25, 0.3) is 0 Å². The number of hydrogen-bond acceptors (Lipinski definition) is 0. The molecule has 0 N–H and O–H groups in total. The molecule has 0 aromatic carbocycles. The molecule has 3 fully saturated rings. The average Bonchev–Trinajstić information content (AvgIpc) is 3.24. The summed E-state index contributed by atoms with van der Waals surface area (Å²) in [5, 5.41) is 0. The molecule has 4 atom stereocenters. The van der Waals surface area contributed by atoms with Crippen molar-refractivity contribution in [3.63, 3.8) is 0 Å². The lowest BCUT2D eigenvalue weighted by molar-refractivity contribution is 0.206. The van der Waals surface area contributed by atoms with Crippen molar-refractivity contribution in [1.29, 1.82) is 0 Å². The summed E-state index contributed by atoms with van der Waals surface area (Å²) in [6, 6.07) is 0. The molecular weight excluding hydrogens is 280 g/mol. The summed E-state index contributed by atoms with van der Waals surface area (Å²) >= 11 is 0. The molecule has 4 rings (SSSR count). The zero-order valence-corrected chi connectivity index (χ0v) is 16.2. The Labute approximate surface area is 139 Å². The largest absolute Gasteiger partial charge is 0.0736 e. The van der Waals surface area contributed by atoms with Crippen LogP contribution < -0.4 is 0 Å². The maximum atomic E-state index is 2.81. The topological polar surface area (TPSA) is 0 Å². The van der Waals surface area contributed by atoms with E-state index in [2.05, 4.69) is 25.7 Å². The Morgan fingerprint density at radius 3 is 2.32 bits per heavy atom. The van der Waals surface area contributed by atoms with Gasteiger partial charge in [-0.2, -0.15) is 0 Å². The van der Waals surface area contributed by atoms with E-state index in [9.17, 15) is 0 Å². The van der Waals surface area contributed by atoms with Crippen molar-refractivity contribution in [2.24, 2.45) is 16.7 Å². The lowest BCUT2D eigenvalue weighted by atomic mass is 9.70. The van der Waals surface area contributed by atoms with E-state index >= 15 is 0 Å². The molecule has 0 aromatic heterocycles. The van der Waals surface area contributed by atoms with Gasteiger partial charge in [-0.3, -0.25) is 0 Å². The van der Waals surface area contributed by atoms with E-state index in [4.69, 9.17) is 0 Å². The van der Waals surface area contributed by atoms with Crippen molar-refractivity contribution in [1.82, 2.24) is 0 Å². The summed E-state index contributed by atoms with van der Waals surface area (Å²) in [7, 11) is -1.04. The van der Waals surface area contributed by atoms with Crippen molar-refractivity contribution >= 4 is 8.07 Å². The molecule has 0 saturated heterocycles. The van der Waals surface area contributed by atoms with Gasteiger partial charge in [0.2, 0.25) is 0 Å². The molecule has 124 valence electrons. The first kappa shape index (κ1) is 15.5. The molecule has 22 heavy (non-hydrogen) atoms. The Kier molecular flexibility index (Phi) is 3.68. The van der Waals surface area contributed by atoms with E-state index in [1.165, 1.54) is 64.2 Å². The summed E-state index contributed by atoms with van der Waals surface area (Å²) in [6.07, 6.45) is 21.0. The van der Waals surface area contributed by atoms with Gasteiger partial charge in [0.15, 0.2) is 0 Å². The maximum absolute atomic E-state index is 2.81. The smallest absolute Gasteiger partial charge is 0.0483 e. The van der Waals surface area contributed by atoms with Crippen LogP contribution in [0.3, 0.4) is 0 Å². The van der Waals surface area contributed by atoms with Crippen LogP contribution >= 0.6 is 0 Å². The third kappa shape index (κ3) is 2.14. The predicted molar refractivity (Wildman–Crippen MR) is 98.9 cm³/mol. The quantitative estimate of drug-likeness (QED) is 0.382. The normalized spacial score (nSPS) is 45.3. The van der Waals surface area contributed by atoms with Crippen molar-refractivity contribution < 1.29 is 0 Å². The molecule has 4 unspecified atom stereocenters. The van der Waals surface area contributed by atoms with E-state index in [1.807, 2.05) is 5.57 Å². The second kappa shape index (κ2) is 5.23. The lowest BCUT2D eigenvalue weighted by Gasteiger charge is -2.36. The van der Waals surface area contributed by atoms with Gasteiger partial charge in [0.1, 0.15) is 0 Å². The zero-order chi connectivity index (χ0) is 15.4. The fourth-order valence-corrected chi connectivity index (χ4v) is 10.9.